The molecule has 1 saturated heterocycles. The lowest BCUT2D eigenvalue weighted by molar-refractivity contribution is 0.0670. The van der Waals surface area contributed by atoms with Gasteiger partial charge in [-0.25, -0.2) is 0 Å². The highest BCUT2D eigenvalue weighted by atomic mass is 32.2. The minimum atomic E-state index is -0.235. The first-order chi connectivity index (χ1) is 7.91. The number of rotatable bonds is 5. The van der Waals surface area contributed by atoms with E-state index in [0.717, 1.165) is 32.5 Å². The first kappa shape index (κ1) is 15.2. The van der Waals surface area contributed by atoms with Gasteiger partial charge >= 0.3 is 0 Å². The number of piperidine rings is 1. The fourth-order valence-electron chi connectivity index (χ4n) is 2.12. The van der Waals surface area contributed by atoms with E-state index in [9.17, 15) is 5.11 Å². The van der Waals surface area contributed by atoms with Crippen LogP contribution in [0.1, 0.15) is 26.7 Å². The molecule has 0 bridgehead atoms. The van der Waals surface area contributed by atoms with Gasteiger partial charge in [-0.05, 0) is 38.1 Å². The van der Waals surface area contributed by atoms with Gasteiger partial charge in [-0.15, -0.1) is 0 Å². The Balaban J connectivity index is 2.47. The van der Waals surface area contributed by atoms with Crippen molar-refractivity contribution in [1.29, 1.82) is 0 Å². The van der Waals surface area contributed by atoms with Crippen LogP contribution in [0.4, 0.5) is 0 Å². The first-order valence-electron chi connectivity index (χ1n) is 6.17. The van der Waals surface area contributed by atoms with Crippen LogP contribution < -0.4 is 5.73 Å². The number of thiocarbonyl (C=S) groups is 1. The lowest BCUT2D eigenvalue weighted by atomic mass is 9.95. The Bertz CT molecular complexity index is 263. The van der Waals surface area contributed by atoms with Crippen molar-refractivity contribution in [1.82, 2.24) is 4.90 Å². The third-order valence-electron chi connectivity index (χ3n) is 3.72. The smallest absolute Gasteiger partial charge is 0.0891 e. The maximum Gasteiger partial charge on any atom is 0.0891 e. The zero-order valence-electron chi connectivity index (χ0n) is 11.0. The van der Waals surface area contributed by atoms with Gasteiger partial charge in [0.2, 0.25) is 0 Å². The summed E-state index contributed by atoms with van der Waals surface area (Å²) in [7, 11) is 0. The van der Waals surface area contributed by atoms with E-state index in [1.807, 2.05) is 0 Å². The molecule has 0 spiro atoms. The maximum absolute atomic E-state index is 9.88. The summed E-state index contributed by atoms with van der Waals surface area (Å²) in [5, 5.41) is 9.88. The molecule has 0 radical (unpaired) electrons. The second-order valence-electron chi connectivity index (χ2n) is 5.17. The standard InChI is InChI=1S/C12H24N2OS2/c1-9(2)10(15)8-14-6-4-12(17-3,5-7-14)11(13)16/h9-10,15H,4-8H2,1-3H3,(H2,13,16). The number of hydrogen-bond acceptors (Lipinski definition) is 4. The second kappa shape index (κ2) is 6.36. The van der Waals surface area contributed by atoms with E-state index in [1.54, 1.807) is 11.8 Å². The molecule has 0 amide bonds. The third-order valence-corrected chi connectivity index (χ3v) is 5.65. The van der Waals surface area contributed by atoms with Gasteiger partial charge in [-0.2, -0.15) is 11.8 Å². The van der Waals surface area contributed by atoms with E-state index in [-0.39, 0.29) is 10.9 Å². The highest BCUT2D eigenvalue weighted by Crippen LogP contribution is 2.34. The summed E-state index contributed by atoms with van der Waals surface area (Å²) in [6.45, 7) is 6.81. The van der Waals surface area contributed by atoms with Gasteiger partial charge in [0.1, 0.15) is 0 Å². The molecular weight excluding hydrogens is 252 g/mol. The zero-order valence-corrected chi connectivity index (χ0v) is 12.6. The van der Waals surface area contributed by atoms with Crippen molar-refractivity contribution < 1.29 is 5.11 Å². The Labute approximate surface area is 114 Å². The van der Waals surface area contributed by atoms with Gasteiger partial charge in [-0.3, -0.25) is 0 Å². The van der Waals surface area contributed by atoms with Gasteiger partial charge in [0.25, 0.3) is 0 Å². The van der Waals surface area contributed by atoms with Crippen LogP contribution in [0.25, 0.3) is 0 Å². The van der Waals surface area contributed by atoms with Crippen LogP contribution in [0, 0.1) is 5.92 Å². The average molecular weight is 276 g/mol. The van der Waals surface area contributed by atoms with Crippen molar-refractivity contribution in [2.75, 3.05) is 25.9 Å². The highest BCUT2D eigenvalue weighted by Gasteiger charge is 2.36. The Kier molecular flexibility index (Phi) is 5.70. The van der Waals surface area contributed by atoms with Crippen molar-refractivity contribution in [2.45, 2.75) is 37.5 Å². The summed E-state index contributed by atoms with van der Waals surface area (Å²) < 4.78 is -0.0192. The zero-order chi connectivity index (χ0) is 13.1. The van der Waals surface area contributed by atoms with E-state index >= 15 is 0 Å². The quantitative estimate of drug-likeness (QED) is 0.745. The first-order valence-corrected chi connectivity index (χ1v) is 7.80. The van der Waals surface area contributed by atoms with Crippen molar-refractivity contribution in [2.24, 2.45) is 11.7 Å². The second-order valence-corrected chi connectivity index (χ2v) is 6.80. The molecule has 3 nitrogen and oxygen atoms in total. The fourth-order valence-corrected chi connectivity index (χ4v) is 3.37. The summed E-state index contributed by atoms with van der Waals surface area (Å²) in [6, 6.07) is 0. The van der Waals surface area contributed by atoms with Crippen LogP contribution in [-0.4, -0.2) is 51.7 Å². The van der Waals surface area contributed by atoms with E-state index in [4.69, 9.17) is 18.0 Å². The Hall–Kier alpha value is 0.160. The van der Waals surface area contributed by atoms with Gasteiger partial charge < -0.3 is 15.7 Å². The molecule has 1 heterocycles. The molecule has 3 N–H and O–H groups in total. The van der Waals surface area contributed by atoms with Crippen LogP contribution in [-0.2, 0) is 0 Å². The molecule has 17 heavy (non-hydrogen) atoms. The molecule has 1 aliphatic heterocycles. The predicted molar refractivity (Wildman–Crippen MR) is 79.6 cm³/mol. The molecule has 5 heteroatoms. The van der Waals surface area contributed by atoms with E-state index in [1.165, 1.54) is 0 Å². The molecule has 0 aliphatic carbocycles. The number of nitrogens with two attached hydrogens (primary N) is 1. The summed E-state index contributed by atoms with van der Waals surface area (Å²) in [5.41, 5.74) is 5.85. The summed E-state index contributed by atoms with van der Waals surface area (Å²) >= 11 is 6.96. The summed E-state index contributed by atoms with van der Waals surface area (Å²) in [5.74, 6) is 0.317. The Morgan fingerprint density at radius 2 is 2.00 bits per heavy atom. The molecule has 100 valence electrons. The van der Waals surface area contributed by atoms with Crippen molar-refractivity contribution in [3.8, 4) is 0 Å². The molecule has 1 aliphatic rings. The van der Waals surface area contributed by atoms with Gasteiger partial charge in [0, 0.05) is 6.54 Å². The largest absolute Gasteiger partial charge is 0.392 e. The predicted octanol–water partition coefficient (Wildman–Crippen LogP) is 1.49. The highest BCUT2D eigenvalue weighted by molar-refractivity contribution is 8.01. The Morgan fingerprint density at radius 1 is 1.47 bits per heavy atom. The number of aliphatic hydroxyl groups is 1. The molecule has 0 aromatic carbocycles. The van der Waals surface area contributed by atoms with Gasteiger partial charge in [0.15, 0.2) is 0 Å². The minimum absolute atomic E-state index is 0.0192. The van der Waals surface area contributed by atoms with E-state index in [0.29, 0.717) is 10.9 Å². The molecule has 1 unspecified atom stereocenters. The molecule has 0 aromatic heterocycles. The molecular formula is C12H24N2OS2. The van der Waals surface area contributed by atoms with Crippen LogP contribution >= 0.6 is 24.0 Å². The number of thioether (sulfide) groups is 1. The van der Waals surface area contributed by atoms with Crippen LogP contribution in [0.15, 0.2) is 0 Å². The average Bonchev–Trinajstić information content (AvgIpc) is 2.29. The summed E-state index contributed by atoms with van der Waals surface area (Å²) in [4.78, 5) is 2.95. The Morgan fingerprint density at radius 3 is 2.35 bits per heavy atom. The van der Waals surface area contributed by atoms with E-state index in [2.05, 4.69) is 25.0 Å². The number of aliphatic hydroxyl groups excluding tert-OH is 1. The van der Waals surface area contributed by atoms with Crippen LogP contribution in [0.2, 0.25) is 0 Å². The monoisotopic (exact) mass is 276 g/mol. The molecule has 1 rings (SSSR count). The number of hydrogen-bond donors (Lipinski definition) is 2. The minimum Gasteiger partial charge on any atom is -0.392 e. The van der Waals surface area contributed by atoms with Crippen molar-refractivity contribution >= 4 is 29.0 Å². The third kappa shape index (κ3) is 3.81. The van der Waals surface area contributed by atoms with Crippen LogP contribution in [0.3, 0.4) is 0 Å². The topological polar surface area (TPSA) is 49.5 Å². The SMILES string of the molecule is CSC1(C(N)=S)CCN(CC(O)C(C)C)CC1. The fraction of sp³-hybridized carbons (Fsp3) is 0.917. The van der Waals surface area contributed by atoms with Gasteiger partial charge in [-0.1, -0.05) is 26.1 Å². The normalized spacial score (nSPS) is 22.6. The van der Waals surface area contributed by atoms with Crippen molar-refractivity contribution in [3.63, 3.8) is 0 Å². The molecule has 1 atom stereocenters. The van der Waals surface area contributed by atoms with Crippen LogP contribution in [0.5, 0.6) is 0 Å². The maximum atomic E-state index is 9.88. The molecule has 0 aromatic rings. The number of nitrogens with zero attached hydrogens (tertiary/aromatic N) is 1. The van der Waals surface area contributed by atoms with E-state index < -0.39 is 0 Å². The lowest BCUT2D eigenvalue weighted by Crippen LogP contribution is -2.50. The lowest BCUT2D eigenvalue weighted by Gasteiger charge is -2.40. The number of β-amino-alcohol motifs (C(OH)–C–C–N with tert-alkyl or cyclic N) is 1. The van der Waals surface area contributed by atoms with Gasteiger partial charge in [0.05, 0.1) is 15.8 Å². The summed E-state index contributed by atoms with van der Waals surface area (Å²) in [6.07, 6.45) is 3.84. The molecule has 0 saturated carbocycles. The molecule has 1 fully saturated rings. The number of likely N-dealkylation sites (tertiary alicyclic amines) is 1. The van der Waals surface area contributed by atoms with Crippen molar-refractivity contribution in [3.05, 3.63) is 0 Å².